The summed E-state index contributed by atoms with van der Waals surface area (Å²) in [7, 11) is 0. The second kappa shape index (κ2) is 8.29. The molecule has 3 saturated heterocycles. The lowest BCUT2D eigenvalue weighted by Crippen LogP contribution is -2.83. The zero-order valence-corrected chi connectivity index (χ0v) is 18.3. The van der Waals surface area contributed by atoms with Crippen LogP contribution >= 0.6 is 11.8 Å². The van der Waals surface area contributed by atoms with Gasteiger partial charge in [-0.15, -0.1) is 11.8 Å². The van der Waals surface area contributed by atoms with E-state index in [1.165, 1.54) is 11.8 Å². The minimum absolute atomic E-state index is 0.0741. The van der Waals surface area contributed by atoms with Crippen molar-refractivity contribution in [1.29, 1.82) is 0 Å². The van der Waals surface area contributed by atoms with E-state index in [2.05, 4.69) is 10.6 Å². The topological polar surface area (TPSA) is 148 Å². The molecule has 2 amide bonds. The van der Waals surface area contributed by atoms with Crippen LogP contribution in [0, 0.1) is 5.92 Å². The highest BCUT2D eigenvalue weighted by Crippen LogP contribution is 2.37. The summed E-state index contributed by atoms with van der Waals surface area (Å²) in [6.45, 7) is 0.157. The Bertz CT molecular complexity index is 1040. The molecule has 2 aromatic rings. The van der Waals surface area contributed by atoms with E-state index in [9.17, 15) is 30.0 Å². The maximum Gasteiger partial charge on any atom is 0.278 e. The van der Waals surface area contributed by atoms with Gasteiger partial charge in [0.25, 0.3) is 17.5 Å². The van der Waals surface area contributed by atoms with E-state index in [1.807, 2.05) is 42.5 Å². The van der Waals surface area contributed by atoms with E-state index in [4.69, 9.17) is 4.74 Å². The van der Waals surface area contributed by atoms with Crippen LogP contribution in [0.15, 0.2) is 47.4 Å². The standard InChI is InChI=1S/C22H26N2O7S/c1-20(29,12-25)17(26)22-19(28)23-21(30,18(27)24-22)14(9-10-31-22)11-32-16-8-4-6-13-5-2-3-7-15(13)16/h2-8,14,17,25-26,29-30H,9-12H2,1H3,(H,23,28)(H,24,27)/t14?,17-,20-,21+,22-/m0/s1. The third-order valence-electron chi connectivity index (χ3n) is 6.16. The summed E-state index contributed by atoms with van der Waals surface area (Å²) >= 11 is 1.45. The van der Waals surface area contributed by atoms with Gasteiger partial charge in [0.15, 0.2) is 0 Å². The summed E-state index contributed by atoms with van der Waals surface area (Å²) in [6.07, 6.45) is -1.77. The molecule has 0 aromatic heterocycles. The summed E-state index contributed by atoms with van der Waals surface area (Å²) in [5, 5.41) is 48.1. The average Bonchev–Trinajstić information content (AvgIpc) is 2.77. The molecule has 5 rings (SSSR count). The van der Waals surface area contributed by atoms with Crippen LogP contribution in [0.25, 0.3) is 10.8 Å². The van der Waals surface area contributed by atoms with Crippen molar-refractivity contribution in [3.8, 4) is 0 Å². The molecule has 1 unspecified atom stereocenters. The molecule has 2 aromatic carbocycles. The van der Waals surface area contributed by atoms with E-state index in [0.29, 0.717) is 5.75 Å². The number of ether oxygens (including phenoxy) is 1. The first kappa shape index (κ1) is 23.0. The first-order valence-electron chi connectivity index (χ1n) is 10.3. The quantitative estimate of drug-likeness (QED) is 0.321. The van der Waals surface area contributed by atoms with Gasteiger partial charge in [-0.2, -0.15) is 0 Å². The Balaban J connectivity index is 1.58. The molecule has 0 spiro atoms. The number of hydrogen-bond donors (Lipinski definition) is 6. The summed E-state index contributed by atoms with van der Waals surface area (Å²) in [5.74, 6) is -2.33. The average molecular weight is 463 g/mol. The molecule has 3 fully saturated rings. The summed E-state index contributed by atoms with van der Waals surface area (Å²) in [6, 6.07) is 13.8. The molecule has 3 heterocycles. The van der Waals surface area contributed by atoms with E-state index < -0.39 is 47.5 Å². The van der Waals surface area contributed by atoms with Crippen molar-refractivity contribution in [2.24, 2.45) is 5.92 Å². The van der Waals surface area contributed by atoms with Crippen LogP contribution in [-0.4, -0.2) is 74.4 Å². The molecule has 3 aliphatic rings. The molecule has 32 heavy (non-hydrogen) atoms. The highest BCUT2D eigenvalue weighted by atomic mass is 32.2. The minimum atomic E-state index is -2.33. The molecule has 5 atom stereocenters. The molecule has 0 saturated carbocycles. The molecule has 10 heteroatoms. The highest BCUT2D eigenvalue weighted by Gasteiger charge is 2.64. The molecular formula is C22H26N2O7S. The van der Waals surface area contributed by atoms with Crippen LogP contribution in [0.1, 0.15) is 13.3 Å². The Morgan fingerprint density at radius 2 is 1.91 bits per heavy atom. The van der Waals surface area contributed by atoms with E-state index >= 15 is 0 Å². The maximum absolute atomic E-state index is 12.9. The van der Waals surface area contributed by atoms with Crippen LogP contribution in [0.2, 0.25) is 0 Å². The minimum Gasteiger partial charge on any atom is -0.393 e. The van der Waals surface area contributed by atoms with Gasteiger partial charge >= 0.3 is 0 Å². The molecular weight excluding hydrogens is 436 g/mol. The number of fused-ring (bicyclic) bond motifs is 6. The fourth-order valence-electron chi connectivity index (χ4n) is 4.12. The number of piperazine rings is 1. The Kier molecular flexibility index (Phi) is 5.95. The monoisotopic (exact) mass is 462 g/mol. The fraction of sp³-hybridized carbons (Fsp3) is 0.455. The Morgan fingerprint density at radius 3 is 2.66 bits per heavy atom. The number of carbonyl (C=O) groups is 2. The van der Waals surface area contributed by atoms with Gasteiger partial charge in [-0.25, -0.2) is 0 Å². The number of rotatable bonds is 6. The molecule has 6 N–H and O–H groups in total. The van der Waals surface area contributed by atoms with E-state index in [-0.39, 0.29) is 13.0 Å². The predicted molar refractivity (Wildman–Crippen MR) is 116 cm³/mol. The molecule has 9 nitrogen and oxygen atoms in total. The lowest BCUT2D eigenvalue weighted by Gasteiger charge is -2.51. The van der Waals surface area contributed by atoms with Crippen LogP contribution < -0.4 is 10.6 Å². The van der Waals surface area contributed by atoms with Crippen molar-refractivity contribution in [3.05, 3.63) is 42.5 Å². The van der Waals surface area contributed by atoms with Gasteiger partial charge in [-0.3, -0.25) is 9.59 Å². The van der Waals surface area contributed by atoms with E-state index in [1.54, 1.807) is 0 Å². The van der Waals surface area contributed by atoms with Gasteiger partial charge in [0.05, 0.1) is 13.2 Å². The molecule has 2 bridgehead atoms. The molecule has 3 aliphatic heterocycles. The van der Waals surface area contributed by atoms with Gasteiger partial charge in [0.1, 0.15) is 11.7 Å². The normalized spacial score (nSPS) is 30.7. The zero-order chi connectivity index (χ0) is 23.1. The summed E-state index contributed by atoms with van der Waals surface area (Å²) in [5.41, 5.74) is -6.68. The fourth-order valence-corrected chi connectivity index (χ4v) is 5.42. The number of nitrogens with one attached hydrogen (secondary N) is 2. The van der Waals surface area contributed by atoms with Crippen molar-refractivity contribution in [2.75, 3.05) is 19.0 Å². The van der Waals surface area contributed by atoms with Gasteiger partial charge in [0, 0.05) is 16.6 Å². The van der Waals surface area contributed by atoms with Crippen LogP contribution in [0.4, 0.5) is 0 Å². The largest absolute Gasteiger partial charge is 0.393 e. The van der Waals surface area contributed by atoms with Crippen molar-refractivity contribution in [2.45, 2.75) is 41.4 Å². The first-order valence-corrected chi connectivity index (χ1v) is 11.3. The second-order valence-corrected chi connectivity index (χ2v) is 9.51. The van der Waals surface area contributed by atoms with Crippen molar-refractivity contribution in [3.63, 3.8) is 0 Å². The SMILES string of the molecule is C[C@](O)(CO)[C@H](O)[C@@]12NC(=O)[C@@](O)(NC1=O)C(CSc1cccc3ccccc13)CCO2. The van der Waals surface area contributed by atoms with Crippen molar-refractivity contribution >= 4 is 34.3 Å². The zero-order valence-electron chi connectivity index (χ0n) is 17.4. The summed E-state index contributed by atoms with van der Waals surface area (Å²) < 4.78 is 5.60. The number of carbonyl (C=O) groups excluding carboxylic acids is 2. The Hall–Kier alpha value is -2.21. The third kappa shape index (κ3) is 3.66. The number of amides is 2. The lowest BCUT2D eigenvalue weighted by atomic mass is 9.83. The van der Waals surface area contributed by atoms with E-state index in [0.717, 1.165) is 22.6 Å². The second-order valence-electron chi connectivity index (χ2n) is 8.45. The number of benzene rings is 2. The highest BCUT2D eigenvalue weighted by molar-refractivity contribution is 7.99. The smallest absolute Gasteiger partial charge is 0.278 e. The van der Waals surface area contributed by atoms with Gasteiger partial charge < -0.3 is 35.8 Å². The Labute approximate surface area is 188 Å². The summed E-state index contributed by atoms with van der Waals surface area (Å²) in [4.78, 5) is 26.8. The molecule has 172 valence electrons. The van der Waals surface area contributed by atoms with Gasteiger partial charge in [-0.05, 0) is 30.2 Å². The van der Waals surface area contributed by atoms with Crippen molar-refractivity contribution in [1.82, 2.24) is 10.6 Å². The van der Waals surface area contributed by atoms with Crippen LogP contribution in [0.3, 0.4) is 0 Å². The molecule has 0 aliphatic carbocycles. The number of hydrogen-bond acceptors (Lipinski definition) is 8. The Morgan fingerprint density at radius 1 is 1.19 bits per heavy atom. The molecule has 0 radical (unpaired) electrons. The lowest BCUT2D eigenvalue weighted by molar-refractivity contribution is -0.240. The number of aliphatic hydroxyl groups is 4. The van der Waals surface area contributed by atoms with Crippen LogP contribution in [-0.2, 0) is 14.3 Å². The van der Waals surface area contributed by atoms with Crippen LogP contribution in [0.5, 0.6) is 0 Å². The maximum atomic E-state index is 12.9. The predicted octanol–water partition coefficient (Wildman–Crippen LogP) is -0.296. The number of aliphatic hydroxyl groups excluding tert-OH is 2. The van der Waals surface area contributed by atoms with Gasteiger partial charge in [0.2, 0.25) is 5.72 Å². The third-order valence-corrected chi connectivity index (χ3v) is 7.39. The first-order chi connectivity index (χ1) is 15.1. The number of thioether (sulfide) groups is 1. The van der Waals surface area contributed by atoms with Gasteiger partial charge in [-0.1, -0.05) is 36.4 Å². The van der Waals surface area contributed by atoms with Crippen molar-refractivity contribution < 1.29 is 34.8 Å².